The lowest BCUT2D eigenvalue weighted by atomic mass is 10.1. The van der Waals surface area contributed by atoms with Crippen molar-refractivity contribution in [1.82, 2.24) is 4.98 Å². The number of benzene rings is 3. The van der Waals surface area contributed by atoms with Crippen LogP contribution in [0.2, 0.25) is 15.1 Å². The molecule has 0 saturated heterocycles. The number of rotatable bonds is 4. The van der Waals surface area contributed by atoms with Crippen molar-refractivity contribution in [2.75, 3.05) is 5.32 Å². The fraction of sp³-hybridized carbons (Fsp3) is 0.0476. The van der Waals surface area contributed by atoms with E-state index in [-0.39, 0.29) is 5.91 Å². The number of hydrogen-bond donors (Lipinski definition) is 1. The molecule has 1 heterocycles. The van der Waals surface area contributed by atoms with Crippen LogP contribution in [0.1, 0.15) is 21.8 Å². The van der Waals surface area contributed by atoms with Crippen molar-refractivity contribution < 1.29 is 9.21 Å². The topological polar surface area (TPSA) is 55.1 Å². The van der Waals surface area contributed by atoms with Gasteiger partial charge >= 0.3 is 0 Å². The molecule has 0 fully saturated rings. The van der Waals surface area contributed by atoms with E-state index in [1.807, 2.05) is 24.3 Å². The molecule has 1 N–H and O–H groups in total. The standard InChI is InChI=1S/C21H13Cl3N2O2/c22-14-5-7-19-18(11-14)26-20(28-19)9-12-2-1-3-15(8-12)25-21(27)13-4-6-16(23)17(24)10-13/h1-8,10-11H,9H2,(H,25,27). The monoisotopic (exact) mass is 430 g/mol. The van der Waals surface area contributed by atoms with Crippen molar-refractivity contribution in [2.45, 2.75) is 6.42 Å². The third-order valence-electron chi connectivity index (χ3n) is 4.12. The zero-order valence-electron chi connectivity index (χ0n) is 14.4. The van der Waals surface area contributed by atoms with E-state index in [9.17, 15) is 4.79 Å². The number of anilines is 1. The summed E-state index contributed by atoms with van der Waals surface area (Å²) in [6.45, 7) is 0. The highest BCUT2D eigenvalue weighted by Gasteiger charge is 2.11. The van der Waals surface area contributed by atoms with Gasteiger partial charge in [0.2, 0.25) is 0 Å². The average molecular weight is 432 g/mol. The highest BCUT2D eigenvalue weighted by atomic mass is 35.5. The molecule has 0 bridgehead atoms. The van der Waals surface area contributed by atoms with Gasteiger partial charge in [-0.05, 0) is 54.1 Å². The van der Waals surface area contributed by atoms with Crippen LogP contribution in [0.25, 0.3) is 11.1 Å². The summed E-state index contributed by atoms with van der Waals surface area (Å²) in [6.07, 6.45) is 0.489. The van der Waals surface area contributed by atoms with Gasteiger partial charge < -0.3 is 9.73 Å². The summed E-state index contributed by atoms with van der Waals surface area (Å²) in [5, 5.41) is 4.20. The van der Waals surface area contributed by atoms with E-state index in [4.69, 9.17) is 39.2 Å². The minimum atomic E-state index is -0.271. The maximum Gasteiger partial charge on any atom is 0.255 e. The summed E-state index contributed by atoms with van der Waals surface area (Å²) in [6, 6.07) is 17.5. The molecule has 0 unspecified atom stereocenters. The van der Waals surface area contributed by atoms with E-state index in [2.05, 4.69) is 10.3 Å². The predicted octanol–water partition coefficient (Wildman–Crippen LogP) is 6.63. The quantitative estimate of drug-likeness (QED) is 0.394. The van der Waals surface area contributed by atoms with E-state index in [1.165, 1.54) is 6.07 Å². The van der Waals surface area contributed by atoms with Crippen LogP contribution in [0.4, 0.5) is 5.69 Å². The highest BCUT2D eigenvalue weighted by molar-refractivity contribution is 6.42. The van der Waals surface area contributed by atoms with Gasteiger partial charge in [-0.2, -0.15) is 0 Å². The molecule has 4 nitrogen and oxygen atoms in total. The number of carbonyl (C=O) groups excluding carboxylic acids is 1. The van der Waals surface area contributed by atoms with E-state index >= 15 is 0 Å². The molecule has 4 rings (SSSR count). The molecular formula is C21H13Cl3N2O2. The molecule has 1 amide bonds. The fourth-order valence-corrected chi connectivity index (χ4v) is 3.26. The molecule has 7 heteroatoms. The lowest BCUT2D eigenvalue weighted by Crippen LogP contribution is -2.12. The number of hydrogen-bond acceptors (Lipinski definition) is 3. The Kier molecular flexibility index (Phi) is 5.27. The predicted molar refractivity (Wildman–Crippen MR) is 113 cm³/mol. The van der Waals surface area contributed by atoms with Gasteiger partial charge in [0, 0.05) is 22.7 Å². The summed E-state index contributed by atoms with van der Waals surface area (Å²) in [5.74, 6) is 0.303. The average Bonchev–Trinajstić information content (AvgIpc) is 3.05. The minimum absolute atomic E-state index is 0.271. The summed E-state index contributed by atoms with van der Waals surface area (Å²) >= 11 is 17.9. The van der Waals surface area contributed by atoms with E-state index in [0.717, 1.165) is 5.56 Å². The number of oxazole rings is 1. The molecular weight excluding hydrogens is 419 g/mol. The molecule has 1 aromatic heterocycles. The van der Waals surface area contributed by atoms with Crippen molar-refractivity contribution in [3.63, 3.8) is 0 Å². The summed E-state index contributed by atoms with van der Waals surface area (Å²) < 4.78 is 5.76. The van der Waals surface area contributed by atoms with Crippen molar-refractivity contribution in [3.05, 3.63) is 92.7 Å². The Morgan fingerprint density at radius 1 is 0.964 bits per heavy atom. The minimum Gasteiger partial charge on any atom is -0.440 e. The van der Waals surface area contributed by atoms with Crippen LogP contribution < -0.4 is 5.32 Å². The first-order valence-corrected chi connectivity index (χ1v) is 9.51. The van der Waals surface area contributed by atoms with Gasteiger partial charge in [0.1, 0.15) is 5.52 Å². The number of nitrogens with zero attached hydrogens (tertiary/aromatic N) is 1. The number of nitrogens with one attached hydrogen (secondary N) is 1. The van der Waals surface area contributed by atoms with Crippen LogP contribution in [0, 0.1) is 0 Å². The molecule has 3 aromatic carbocycles. The maximum atomic E-state index is 12.4. The fourth-order valence-electron chi connectivity index (χ4n) is 2.80. The molecule has 140 valence electrons. The number of carbonyl (C=O) groups is 1. The Morgan fingerprint density at radius 3 is 2.64 bits per heavy atom. The van der Waals surface area contributed by atoms with Crippen LogP contribution >= 0.6 is 34.8 Å². The molecule has 0 aliphatic rings. The van der Waals surface area contributed by atoms with E-state index < -0.39 is 0 Å². The second-order valence-electron chi connectivity index (χ2n) is 6.18. The van der Waals surface area contributed by atoms with Gasteiger partial charge in [0.05, 0.1) is 10.0 Å². The highest BCUT2D eigenvalue weighted by Crippen LogP contribution is 2.24. The second kappa shape index (κ2) is 7.84. The molecule has 28 heavy (non-hydrogen) atoms. The van der Waals surface area contributed by atoms with Crippen LogP contribution in [0.15, 0.2) is 65.1 Å². The molecule has 0 saturated carbocycles. The number of amides is 1. The third-order valence-corrected chi connectivity index (χ3v) is 5.09. The largest absolute Gasteiger partial charge is 0.440 e. The molecule has 0 radical (unpaired) electrons. The van der Waals surface area contributed by atoms with Gasteiger partial charge in [0.15, 0.2) is 11.5 Å². The van der Waals surface area contributed by atoms with Gasteiger partial charge in [-0.1, -0.05) is 46.9 Å². The number of halogens is 3. The summed E-state index contributed by atoms with van der Waals surface area (Å²) in [4.78, 5) is 16.9. The molecule has 0 spiro atoms. The smallest absolute Gasteiger partial charge is 0.255 e. The first-order valence-electron chi connectivity index (χ1n) is 8.38. The zero-order valence-corrected chi connectivity index (χ0v) is 16.6. The van der Waals surface area contributed by atoms with Crippen LogP contribution in [0.3, 0.4) is 0 Å². The lowest BCUT2D eigenvalue weighted by Gasteiger charge is -2.07. The molecule has 0 aliphatic carbocycles. The van der Waals surface area contributed by atoms with Crippen molar-refractivity contribution >= 4 is 57.5 Å². The van der Waals surface area contributed by atoms with Gasteiger partial charge in [-0.15, -0.1) is 0 Å². The van der Waals surface area contributed by atoms with Crippen LogP contribution in [0.5, 0.6) is 0 Å². The Morgan fingerprint density at radius 2 is 1.82 bits per heavy atom. The maximum absolute atomic E-state index is 12.4. The normalized spacial score (nSPS) is 11.0. The lowest BCUT2D eigenvalue weighted by molar-refractivity contribution is 0.102. The van der Waals surface area contributed by atoms with Crippen molar-refractivity contribution in [3.8, 4) is 0 Å². The second-order valence-corrected chi connectivity index (χ2v) is 7.43. The van der Waals surface area contributed by atoms with Gasteiger partial charge in [-0.3, -0.25) is 4.79 Å². The first kappa shape index (κ1) is 18.8. The van der Waals surface area contributed by atoms with Crippen molar-refractivity contribution in [2.24, 2.45) is 0 Å². The van der Waals surface area contributed by atoms with Crippen LogP contribution in [-0.4, -0.2) is 10.9 Å². The van der Waals surface area contributed by atoms with E-state index in [1.54, 1.807) is 30.3 Å². The Labute approximate surface area is 176 Å². The number of aromatic nitrogens is 1. The molecule has 4 aromatic rings. The SMILES string of the molecule is O=C(Nc1cccc(Cc2nc3cc(Cl)ccc3o2)c1)c1ccc(Cl)c(Cl)c1. The van der Waals surface area contributed by atoms with E-state index in [0.29, 0.717) is 49.7 Å². The molecule has 0 atom stereocenters. The van der Waals surface area contributed by atoms with Gasteiger partial charge in [0.25, 0.3) is 5.91 Å². The van der Waals surface area contributed by atoms with Gasteiger partial charge in [-0.25, -0.2) is 4.98 Å². The molecule has 0 aliphatic heterocycles. The van der Waals surface area contributed by atoms with Crippen molar-refractivity contribution in [1.29, 1.82) is 0 Å². The third kappa shape index (κ3) is 4.14. The zero-order chi connectivity index (χ0) is 19.7. The first-order chi connectivity index (χ1) is 13.5. The Hall–Kier alpha value is -2.53. The Balaban J connectivity index is 1.51. The van der Waals surface area contributed by atoms with Crippen LogP contribution in [-0.2, 0) is 6.42 Å². The summed E-state index contributed by atoms with van der Waals surface area (Å²) in [5.41, 5.74) is 3.43. The Bertz CT molecular complexity index is 1190. The number of fused-ring (bicyclic) bond motifs is 1. The summed E-state index contributed by atoms with van der Waals surface area (Å²) in [7, 11) is 0.